The highest BCUT2D eigenvalue weighted by Crippen LogP contribution is 2.56. The number of carbonyl (C=O) groups excluding carboxylic acids is 1. The Kier molecular flexibility index (Phi) is 3.85. The molecule has 0 spiro atoms. The average molecular weight is 270 g/mol. The summed E-state index contributed by atoms with van der Waals surface area (Å²) in [7, 11) is -0.483. The molecule has 1 saturated carbocycles. The first-order valence-electron chi connectivity index (χ1n) is 6.42. The largest absolute Gasteiger partial charge is 0.469 e. The SMILES string of the molecule is C=C(C)[C@]1(O[Si](C)(C)C(C)(C)C)C[C@H]1C(=O)OC. The molecule has 2 atom stereocenters. The van der Waals surface area contributed by atoms with Gasteiger partial charge in [0.2, 0.25) is 0 Å². The van der Waals surface area contributed by atoms with Gasteiger partial charge in [-0.2, -0.15) is 0 Å². The molecule has 0 heterocycles. The van der Waals surface area contributed by atoms with Gasteiger partial charge in [-0.15, -0.1) is 0 Å². The van der Waals surface area contributed by atoms with E-state index in [1.807, 2.05) is 6.92 Å². The van der Waals surface area contributed by atoms with Gasteiger partial charge in [0.15, 0.2) is 8.32 Å². The predicted octanol–water partition coefficient (Wildman–Crippen LogP) is 3.52. The maximum atomic E-state index is 11.7. The molecule has 0 radical (unpaired) electrons. The van der Waals surface area contributed by atoms with Crippen molar-refractivity contribution in [3.05, 3.63) is 12.2 Å². The van der Waals surface area contributed by atoms with Crippen LogP contribution in [0, 0.1) is 5.92 Å². The zero-order chi connectivity index (χ0) is 14.4. The Morgan fingerprint density at radius 2 is 1.89 bits per heavy atom. The predicted molar refractivity (Wildman–Crippen MR) is 76.0 cm³/mol. The molecule has 0 amide bonds. The Hall–Kier alpha value is -0.613. The molecule has 1 aliphatic rings. The third kappa shape index (κ3) is 2.54. The summed E-state index contributed by atoms with van der Waals surface area (Å²) in [5, 5.41) is 0.124. The first kappa shape index (κ1) is 15.4. The second-order valence-corrected chi connectivity index (χ2v) is 11.5. The van der Waals surface area contributed by atoms with Crippen LogP contribution in [-0.4, -0.2) is 27.0 Å². The van der Waals surface area contributed by atoms with E-state index >= 15 is 0 Å². The maximum Gasteiger partial charge on any atom is 0.312 e. The van der Waals surface area contributed by atoms with Gasteiger partial charge in [0.25, 0.3) is 0 Å². The quantitative estimate of drug-likeness (QED) is 0.445. The third-order valence-electron chi connectivity index (χ3n) is 4.36. The molecule has 18 heavy (non-hydrogen) atoms. The standard InChI is InChI=1S/C14H26O3Si/c1-10(2)14(9-11(14)12(15)16-6)17-18(7,8)13(3,4)5/h11H,1,9H2,2-8H3/t11-,14+/m0/s1. The lowest BCUT2D eigenvalue weighted by Gasteiger charge is -2.40. The van der Waals surface area contributed by atoms with Crippen molar-refractivity contribution in [2.45, 2.75) is 57.8 Å². The van der Waals surface area contributed by atoms with Crippen LogP contribution in [0.15, 0.2) is 12.2 Å². The van der Waals surface area contributed by atoms with Crippen LogP contribution in [-0.2, 0) is 14.0 Å². The second-order valence-electron chi connectivity index (χ2n) is 6.81. The summed E-state index contributed by atoms with van der Waals surface area (Å²) >= 11 is 0. The first-order valence-corrected chi connectivity index (χ1v) is 9.33. The molecule has 0 bridgehead atoms. The van der Waals surface area contributed by atoms with Crippen molar-refractivity contribution in [2.24, 2.45) is 5.92 Å². The van der Waals surface area contributed by atoms with Crippen molar-refractivity contribution >= 4 is 14.3 Å². The first-order chi connectivity index (χ1) is 7.98. The number of hydrogen-bond acceptors (Lipinski definition) is 3. The Balaban J connectivity index is 2.93. The van der Waals surface area contributed by atoms with E-state index in [1.165, 1.54) is 7.11 Å². The Labute approximate surface area is 112 Å². The van der Waals surface area contributed by atoms with Gasteiger partial charge in [-0.25, -0.2) is 0 Å². The minimum absolute atomic E-state index is 0.124. The van der Waals surface area contributed by atoms with Gasteiger partial charge in [0, 0.05) is 0 Å². The van der Waals surface area contributed by atoms with E-state index in [0.717, 1.165) is 5.57 Å². The molecule has 3 nitrogen and oxygen atoms in total. The second kappa shape index (κ2) is 4.49. The Morgan fingerprint density at radius 3 is 2.22 bits per heavy atom. The topological polar surface area (TPSA) is 35.5 Å². The number of carbonyl (C=O) groups is 1. The van der Waals surface area contributed by atoms with Crippen LogP contribution in [0.5, 0.6) is 0 Å². The lowest BCUT2D eigenvalue weighted by Crippen LogP contribution is -2.46. The van der Waals surface area contributed by atoms with E-state index in [1.54, 1.807) is 0 Å². The molecule has 0 saturated heterocycles. The van der Waals surface area contributed by atoms with E-state index < -0.39 is 13.9 Å². The Bertz CT molecular complexity index is 368. The molecule has 104 valence electrons. The van der Waals surface area contributed by atoms with Crippen LogP contribution in [0.1, 0.15) is 34.1 Å². The summed E-state index contributed by atoms with van der Waals surface area (Å²) in [4.78, 5) is 11.7. The third-order valence-corrected chi connectivity index (χ3v) is 8.85. The molecular weight excluding hydrogens is 244 g/mol. The number of hydrogen-bond donors (Lipinski definition) is 0. The van der Waals surface area contributed by atoms with Crippen LogP contribution < -0.4 is 0 Å². The fourth-order valence-electron chi connectivity index (χ4n) is 1.94. The smallest absolute Gasteiger partial charge is 0.312 e. The van der Waals surface area contributed by atoms with Crippen molar-refractivity contribution in [3.63, 3.8) is 0 Å². The fourth-order valence-corrected chi connectivity index (χ4v) is 3.56. The van der Waals surface area contributed by atoms with E-state index in [-0.39, 0.29) is 16.9 Å². The van der Waals surface area contributed by atoms with Crippen LogP contribution in [0.4, 0.5) is 0 Å². The summed E-state index contributed by atoms with van der Waals surface area (Å²) in [6.07, 6.45) is 0.710. The molecule has 0 aromatic heterocycles. The zero-order valence-corrected chi connectivity index (χ0v) is 13.7. The highest BCUT2D eigenvalue weighted by atomic mass is 28.4. The summed E-state index contributed by atoms with van der Waals surface area (Å²) in [5.74, 6) is -0.356. The van der Waals surface area contributed by atoms with Gasteiger partial charge in [-0.1, -0.05) is 27.4 Å². The number of ether oxygens (including phenoxy) is 1. The molecule has 1 aliphatic carbocycles. The zero-order valence-electron chi connectivity index (χ0n) is 12.7. The maximum absolute atomic E-state index is 11.7. The van der Waals surface area contributed by atoms with Crippen LogP contribution >= 0.6 is 0 Å². The van der Waals surface area contributed by atoms with Crippen LogP contribution in [0.2, 0.25) is 18.1 Å². The summed E-state index contributed by atoms with van der Waals surface area (Å²) in [6, 6.07) is 0. The van der Waals surface area contributed by atoms with E-state index in [4.69, 9.17) is 9.16 Å². The fraction of sp³-hybridized carbons (Fsp3) is 0.786. The molecule has 0 aromatic carbocycles. The lowest BCUT2D eigenvalue weighted by molar-refractivity contribution is -0.143. The molecule has 0 aromatic rings. The van der Waals surface area contributed by atoms with Gasteiger partial charge in [0.05, 0.1) is 18.6 Å². The van der Waals surface area contributed by atoms with E-state index in [9.17, 15) is 4.79 Å². The van der Waals surface area contributed by atoms with Crippen LogP contribution in [0.25, 0.3) is 0 Å². The van der Waals surface area contributed by atoms with Gasteiger partial charge in [0.1, 0.15) is 0 Å². The molecule has 0 N–H and O–H groups in total. The number of rotatable bonds is 4. The van der Waals surface area contributed by atoms with Gasteiger partial charge >= 0.3 is 5.97 Å². The summed E-state index contributed by atoms with van der Waals surface area (Å²) < 4.78 is 11.3. The highest BCUT2D eigenvalue weighted by molar-refractivity contribution is 6.74. The van der Waals surface area contributed by atoms with E-state index in [2.05, 4.69) is 40.4 Å². The van der Waals surface area contributed by atoms with Crippen molar-refractivity contribution in [1.82, 2.24) is 0 Å². The van der Waals surface area contributed by atoms with Gasteiger partial charge in [-0.3, -0.25) is 4.79 Å². The van der Waals surface area contributed by atoms with Crippen molar-refractivity contribution in [3.8, 4) is 0 Å². The summed E-state index contributed by atoms with van der Waals surface area (Å²) in [5.41, 5.74) is 0.457. The molecule has 0 aliphatic heterocycles. The van der Waals surface area contributed by atoms with Crippen molar-refractivity contribution in [1.29, 1.82) is 0 Å². The lowest BCUT2D eigenvalue weighted by atomic mass is 10.1. The van der Waals surface area contributed by atoms with Crippen molar-refractivity contribution in [2.75, 3.05) is 7.11 Å². The molecule has 1 rings (SSSR count). The molecule has 0 unspecified atom stereocenters. The van der Waals surface area contributed by atoms with Crippen LogP contribution in [0.3, 0.4) is 0 Å². The number of methoxy groups -OCH3 is 1. The monoisotopic (exact) mass is 270 g/mol. The molecule has 4 heteroatoms. The van der Waals surface area contributed by atoms with Gasteiger partial charge < -0.3 is 9.16 Å². The summed E-state index contributed by atoms with van der Waals surface area (Å²) in [6.45, 7) is 16.9. The Morgan fingerprint density at radius 1 is 1.39 bits per heavy atom. The molecule has 1 fully saturated rings. The minimum Gasteiger partial charge on any atom is -0.469 e. The normalized spacial score (nSPS) is 27.8. The van der Waals surface area contributed by atoms with E-state index in [0.29, 0.717) is 6.42 Å². The van der Waals surface area contributed by atoms with Gasteiger partial charge in [-0.05, 0) is 37.0 Å². The van der Waals surface area contributed by atoms with Crippen molar-refractivity contribution < 1.29 is 14.0 Å². The number of esters is 1. The average Bonchev–Trinajstić information content (AvgIpc) is 2.90. The molecular formula is C14H26O3Si. The minimum atomic E-state index is -1.91. The highest BCUT2D eigenvalue weighted by Gasteiger charge is 2.63.